The SMILES string of the molecule is COC12CCC(C(=O)NC(=O)Nc3ccc(Oc4ncc(Cl)cn4)c(C)c3)(CC1)CC2. The van der Waals surface area contributed by atoms with Crippen LogP contribution >= 0.6 is 11.6 Å². The summed E-state index contributed by atoms with van der Waals surface area (Å²) in [5.74, 6) is 0.347. The van der Waals surface area contributed by atoms with Crippen LogP contribution in [0.2, 0.25) is 5.02 Å². The molecule has 164 valence electrons. The lowest BCUT2D eigenvalue weighted by Gasteiger charge is -2.51. The first kappa shape index (κ1) is 21.5. The minimum Gasteiger partial charge on any atom is -0.424 e. The van der Waals surface area contributed by atoms with Crippen molar-refractivity contribution in [3.8, 4) is 11.8 Å². The van der Waals surface area contributed by atoms with Crippen molar-refractivity contribution in [3.63, 3.8) is 0 Å². The highest BCUT2D eigenvalue weighted by molar-refractivity contribution is 6.30. The van der Waals surface area contributed by atoms with Gasteiger partial charge in [-0.15, -0.1) is 0 Å². The highest BCUT2D eigenvalue weighted by Crippen LogP contribution is 2.53. The molecule has 1 heterocycles. The van der Waals surface area contributed by atoms with Crippen LogP contribution in [0, 0.1) is 12.3 Å². The number of ether oxygens (including phenoxy) is 2. The monoisotopic (exact) mass is 444 g/mol. The van der Waals surface area contributed by atoms with Gasteiger partial charge >= 0.3 is 12.0 Å². The largest absolute Gasteiger partial charge is 0.424 e. The van der Waals surface area contributed by atoms with Gasteiger partial charge in [0.15, 0.2) is 0 Å². The van der Waals surface area contributed by atoms with Crippen LogP contribution in [0.5, 0.6) is 11.8 Å². The van der Waals surface area contributed by atoms with E-state index in [4.69, 9.17) is 21.1 Å². The Bertz CT molecular complexity index is 971. The fourth-order valence-electron chi connectivity index (χ4n) is 4.49. The average Bonchev–Trinajstić information content (AvgIpc) is 2.78. The zero-order valence-electron chi connectivity index (χ0n) is 17.5. The number of aromatic nitrogens is 2. The molecule has 8 nitrogen and oxygen atoms in total. The van der Waals surface area contributed by atoms with E-state index < -0.39 is 11.4 Å². The molecule has 5 rings (SSSR count). The van der Waals surface area contributed by atoms with E-state index in [0.29, 0.717) is 16.5 Å². The molecule has 2 aromatic rings. The summed E-state index contributed by atoms with van der Waals surface area (Å²) >= 11 is 5.78. The summed E-state index contributed by atoms with van der Waals surface area (Å²) in [4.78, 5) is 33.3. The molecular weight excluding hydrogens is 420 g/mol. The molecule has 0 aliphatic heterocycles. The number of carbonyl (C=O) groups excluding carboxylic acids is 2. The fraction of sp³-hybridized carbons (Fsp3) is 0.455. The molecule has 0 spiro atoms. The van der Waals surface area contributed by atoms with Crippen molar-refractivity contribution < 1.29 is 19.1 Å². The number of nitrogens with zero attached hydrogens (tertiary/aromatic N) is 2. The first-order valence-corrected chi connectivity index (χ1v) is 10.6. The Morgan fingerprint density at radius 3 is 2.29 bits per heavy atom. The third kappa shape index (κ3) is 4.50. The van der Waals surface area contributed by atoms with Crippen LogP contribution in [-0.2, 0) is 9.53 Å². The van der Waals surface area contributed by atoms with Crippen molar-refractivity contribution in [2.24, 2.45) is 5.41 Å². The normalized spacial score (nSPS) is 24.5. The standard InChI is InChI=1S/C22H25ClN4O4/c1-14-11-16(3-4-17(14)31-20-24-12-15(23)13-25-20)26-19(29)27-18(28)21-5-8-22(30-2,9-6-21)10-7-21/h3-4,11-13H,5-10H2,1-2H3,(H2,26,27,28,29). The zero-order valence-corrected chi connectivity index (χ0v) is 18.3. The van der Waals surface area contributed by atoms with E-state index in [1.54, 1.807) is 25.3 Å². The van der Waals surface area contributed by atoms with Gasteiger partial charge in [0.2, 0.25) is 5.91 Å². The molecule has 0 atom stereocenters. The topological polar surface area (TPSA) is 102 Å². The molecule has 3 aliphatic carbocycles. The number of anilines is 1. The molecule has 0 unspecified atom stereocenters. The van der Waals surface area contributed by atoms with Gasteiger partial charge in [0, 0.05) is 18.2 Å². The van der Waals surface area contributed by atoms with Crippen molar-refractivity contribution in [1.82, 2.24) is 15.3 Å². The molecular formula is C22H25ClN4O4. The number of halogens is 1. The third-order valence-corrected chi connectivity index (χ3v) is 6.75. The van der Waals surface area contributed by atoms with Gasteiger partial charge in [0.25, 0.3) is 0 Å². The lowest BCUT2D eigenvalue weighted by molar-refractivity contribution is -0.151. The maximum atomic E-state index is 12.9. The highest BCUT2D eigenvalue weighted by atomic mass is 35.5. The Morgan fingerprint density at radius 1 is 1.06 bits per heavy atom. The van der Waals surface area contributed by atoms with E-state index in [-0.39, 0.29) is 17.5 Å². The van der Waals surface area contributed by atoms with Gasteiger partial charge in [0.05, 0.1) is 23.0 Å². The molecule has 0 radical (unpaired) electrons. The maximum Gasteiger partial charge on any atom is 0.325 e. The molecule has 2 N–H and O–H groups in total. The molecule has 9 heteroatoms. The first-order valence-electron chi connectivity index (χ1n) is 10.3. The summed E-state index contributed by atoms with van der Waals surface area (Å²) < 4.78 is 11.3. The summed E-state index contributed by atoms with van der Waals surface area (Å²) in [5, 5.41) is 5.67. The number of benzene rings is 1. The van der Waals surface area contributed by atoms with E-state index >= 15 is 0 Å². The second-order valence-electron chi connectivity index (χ2n) is 8.34. The zero-order chi connectivity index (χ0) is 22.1. The molecule has 3 fully saturated rings. The molecule has 0 saturated heterocycles. The predicted octanol–water partition coefficient (Wildman–Crippen LogP) is 4.62. The third-order valence-electron chi connectivity index (χ3n) is 6.55. The number of urea groups is 1. The lowest BCUT2D eigenvalue weighted by atomic mass is 9.58. The second kappa shape index (κ2) is 8.43. The van der Waals surface area contributed by atoms with Crippen molar-refractivity contribution in [1.29, 1.82) is 0 Å². The van der Waals surface area contributed by atoms with Crippen LogP contribution in [0.4, 0.5) is 10.5 Å². The van der Waals surface area contributed by atoms with Crippen LogP contribution in [0.1, 0.15) is 44.1 Å². The van der Waals surface area contributed by atoms with Crippen LogP contribution in [-0.4, -0.2) is 34.6 Å². The number of nitrogens with one attached hydrogen (secondary N) is 2. The van der Waals surface area contributed by atoms with E-state index in [2.05, 4.69) is 20.6 Å². The quantitative estimate of drug-likeness (QED) is 0.697. The number of rotatable bonds is 5. The van der Waals surface area contributed by atoms with Crippen molar-refractivity contribution in [2.45, 2.75) is 51.0 Å². The average molecular weight is 445 g/mol. The maximum absolute atomic E-state index is 12.9. The summed E-state index contributed by atoms with van der Waals surface area (Å²) in [5.41, 5.74) is 0.777. The number of amides is 3. The van der Waals surface area contributed by atoms with Gasteiger partial charge in [-0.2, -0.15) is 0 Å². The first-order chi connectivity index (χ1) is 14.8. The summed E-state index contributed by atoms with van der Waals surface area (Å²) in [6, 6.07) is 4.78. The van der Waals surface area contributed by atoms with E-state index in [1.807, 2.05) is 6.92 Å². The molecule has 1 aromatic carbocycles. The minimum absolute atomic E-state index is 0.0807. The predicted molar refractivity (Wildman–Crippen MR) is 115 cm³/mol. The summed E-state index contributed by atoms with van der Waals surface area (Å²) in [6.45, 7) is 1.84. The van der Waals surface area contributed by atoms with Gasteiger partial charge in [-0.1, -0.05) is 11.6 Å². The lowest BCUT2D eigenvalue weighted by Crippen LogP contribution is -2.54. The van der Waals surface area contributed by atoms with Crippen molar-refractivity contribution >= 4 is 29.2 Å². The van der Waals surface area contributed by atoms with Gasteiger partial charge in [-0.25, -0.2) is 14.8 Å². The van der Waals surface area contributed by atoms with Crippen LogP contribution < -0.4 is 15.4 Å². The molecule has 3 saturated carbocycles. The van der Waals surface area contributed by atoms with Crippen LogP contribution in [0.25, 0.3) is 0 Å². The van der Waals surface area contributed by atoms with Gasteiger partial charge in [0.1, 0.15) is 5.75 Å². The molecule has 31 heavy (non-hydrogen) atoms. The van der Waals surface area contributed by atoms with Crippen molar-refractivity contribution in [2.75, 3.05) is 12.4 Å². The Balaban J connectivity index is 1.35. The van der Waals surface area contributed by atoms with Gasteiger partial charge in [-0.3, -0.25) is 10.1 Å². The Labute approximate surface area is 185 Å². The Hall–Kier alpha value is -2.71. The number of aryl methyl sites for hydroxylation is 1. The van der Waals surface area contributed by atoms with Crippen LogP contribution in [0.15, 0.2) is 30.6 Å². The number of carbonyl (C=O) groups is 2. The van der Waals surface area contributed by atoms with E-state index in [1.165, 1.54) is 12.4 Å². The Kier molecular flexibility index (Phi) is 5.85. The number of hydrogen-bond donors (Lipinski definition) is 2. The van der Waals surface area contributed by atoms with Gasteiger partial charge in [-0.05, 0) is 69.2 Å². The van der Waals surface area contributed by atoms with Gasteiger partial charge < -0.3 is 14.8 Å². The van der Waals surface area contributed by atoms with E-state index in [0.717, 1.165) is 44.1 Å². The highest BCUT2D eigenvalue weighted by Gasteiger charge is 2.52. The number of methoxy groups -OCH3 is 1. The Morgan fingerprint density at radius 2 is 1.71 bits per heavy atom. The summed E-state index contributed by atoms with van der Waals surface area (Å²) in [6.07, 6.45) is 7.71. The fourth-order valence-corrected chi connectivity index (χ4v) is 4.59. The molecule has 3 amide bonds. The van der Waals surface area contributed by atoms with Crippen LogP contribution in [0.3, 0.4) is 0 Å². The van der Waals surface area contributed by atoms with E-state index in [9.17, 15) is 9.59 Å². The van der Waals surface area contributed by atoms with Crippen molar-refractivity contribution in [3.05, 3.63) is 41.2 Å². The molecule has 3 aliphatic rings. The second-order valence-corrected chi connectivity index (χ2v) is 8.78. The molecule has 1 aromatic heterocycles. The number of hydrogen-bond acceptors (Lipinski definition) is 6. The number of imide groups is 1. The number of fused-ring (bicyclic) bond motifs is 3. The summed E-state index contributed by atoms with van der Waals surface area (Å²) in [7, 11) is 1.74. The smallest absolute Gasteiger partial charge is 0.325 e. The minimum atomic E-state index is -0.539. The molecule has 2 bridgehead atoms.